The number of rotatable bonds is 6. The Labute approximate surface area is 183 Å². The molecule has 0 N–H and O–H groups in total. The maximum Gasteiger partial charge on any atom is 0.451 e. The summed E-state index contributed by atoms with van der Waals surface area (Å²) in [6.45, 7) is 1.20. The molecule has 0 unspecified atom stereocenters. The number of thiophene rings is 1. The molecule has 0 saturated heterocycles. The summed E-state index contributed by atoms with van der Waals surface area (Å²) in [5.41, 5.74) is 0.609. The van der Waals surface area contributed by atoms with Crippen molar-refractivity contribution in [2.45, 2.75) is 17.9 Å². The average Bonchev–Trinajstić information content (AvgIpc) is 3.39. The number of aromatic nitrogens is 3. The third-order valence-electron chi connectivity index (χ3n) is 4.45. The smallest absolute Gasteiger partial charge is 0.451 e. The SMILES string of the molecule is Cn1c(SCC(=O)N(Cc2cccs2)c2ccc3c(c2)OCCO3)nnc1C(F)(F)F. The molecular formula is C19H17F3N4O3S2. The molecule has 0 radical (unpaired) electrons. The van der Waals surface area contributed by atoms with Gasteiger partial charge in [0, 0.05) is 23.7 Å². The highest BCUT2D eigenvalue weighted by Gasteiger charge is 2.37. The number of nitrogens with zero attached hydrogens (tertiary/aromatic N) is 4. The van der Waals surface area contributed by atoms with Crippen LogP contribution < -0.4 is 14.4 Å². The largest absolute Gasteiger partial charge is 0.486 e. The Morgan fingerprint density at radius 1 is 1.23 bits per heavy atom. The summed E-state index contributed by atoms with van der Waals surface area (Å²) >= 11 is 2.41. The van der Waals surface area contributed by atoms with Gasteiger partial charge >= 0.3 is 6.18 Å². The summed E-state index contributed by atoms with van der Waals surface area (Å²) in [6.07, 6.45) is -4.61. The number of benzene rings is 1. The number of alkyl halides is 3. The highest BCUT2D eigenvalue weighted by Crippen LogP contribution is 2.35. The summed E-state index contributed by atoms with van der Waals surface area (Å²) in [6, 6.07) is 9.03. The van der Waals surface area contributed by atoms with Crippen LogP contribution in [-0.4, -0.2) is 39.6 Å². The van der Waals surface area contributed by atoms with Crippen molar-refractivity contribution in [2.75, 3.05) is 23.9 Å². The highest BCUT2D eigenvalue weighted by atomic mass is 32.2. The maximum absolute atomic E-state index is 13.1. The molecule has 1 aromatic carbocycles. The summed E-state index contributed by atoms with van der Waals surface area (Å²) in [4.78, 5) is 15.6. The fourth-order valence-corrected chi connectivity index (χ4v) is 4.45. The van der Waals surface area contributed by atoms with E-state index in [9.17, 15) is 18.0 Å². The number of hydrogen-bond donors (Lipinski definition) is 0. The molecule has 164 valence electrons. The second-order valence-electron chi connectivity index (χ2n) is 6.54. The molecule has 3 heterocycles. The Morgan fingerprint density at radius 3 is 2.68 bits per heavy atom. The van der Waals surface area contributed by atoms with E-state index in [1.165, 1.54) is 18.4 Å². The number of amides is 1. The molecule has 0 spiro atoms. The molecule has 1 aliphatic rings. The summed E-state index contributed by atoms with van der Waals surface area (Å²) in [5, 5.41) is 8.69. The molecule has 31 heavy (non-hydrogen) atoms. The van der Waals surface area contributed by atoms with Gasteiger partial charge in [0.1, 0.15) is 13.2 Å². The quantitative estimate of drug-likeness (QED) is 0.508. The van der Waals surface area contributed by atoms with Crippen molar-refractivity contribution in [1.82, 2.24) is 14.8 Å². The molecular weight excluding hydrogens is 453 g/mol. The lowest BCUT2D eigenvalue weighted by atomic mass is 10.2. The van der Waals surface area contributed by atoms with Gasteiger partial charge in [0.2, 0.25) is 11.7 Å². The predicted octanol–water partition coefficient (Wildman–Crippen LogP) is 3.99. The predicted molar refractivity (Wildman–Crippen MR) is 110 cm³/mol. The molecule has 0 bridgehead atoms. The van der Waals surface area contributed by atoms with E-state index in [0.717, 1.165) is 21.2 Å². The standard InChI is InChI=1S/C19H17F3N4O3S2/c1-25-17(19(20,21)22)23-24-18(25)31-11-16(27)26(10-13-3-2-8-30-13)12-4-5-14-15(9-12)29-7-6-28-14/h2-5,8-9H,6-7,10-11H2,1H3. The van der Waals surface area contributed by atoms with Crippen molar-refractivity contribution in [3.63, 3.8) is 0 Å². The molecule has 12 heteroatoms. The van der Waals surface area contributed by atoms with Gasteiger partial charge in [-0.2, -0.15) is 13.2 Å². The van der Waals surface area contributed by atoms with E-state index < -0.39 is 12.0 Å². The minimum absolute atomic E-state index is 0.0129. The molecule has 0 atom stereocenters. The van der Waals surface area contributed by atoms with Gasteiger partial charge < -0.3 is 18.9 Å². The Bertz CT molecular complexity index is 1070. The number of thioether (sulfide) groups is 1. The number of anilines is 1. The Balaban J connectivity index is 1.54. The molecule has 2 aromatic heterocycles. The van der Waals surface area contributed by atoms with E-state index in [4.69, 9.17) is 9.47 Å². The van der Waals surface area contributed by atoms with Crippen molar-refractivity contribution >= 4 is 34.7 Å². The van der Waals surface area contributed by atoms with Crippen LogP contribution in [0.15, 0.2) is 40.9 Å². The van der Waals surface area contributed by atoms with E-state index in [1.807, 2.05) is 17.5 Å². The Morgan fingerprint density at radius 2 is 2.00 bits per heavy atom. The van der Waals surface area contributed by atoms with Crippen LogP contribution in [0, 0.1) is 0 Å². The van der Waals surface area contributed by atoms with Crippen molar-refractivity contribution in [1.29, 1.82) is 0 Å². The van der Waals surface area contributed by atoms with Gasteiger partial charge in [-0.1, -0.05) is 17.8 Å². The molecule has 1 amide bonds. The maximum atomic E-state index is 13.1. The van der Waals surface area contributed by atoms with Crippen LogP contribution >= 0.6 is 23.1 Å². The summed E-state index contributed by atoms with van der Waals surface area (Å²) < 4.78 is 50.8. The number of hydrogen-bond acceptors (Lipinski definition) is 7. The molecule has 7 nitrogen and oxygen atoms in total. The second kappa shape index (κ2) is 8.79. The van der Waals surface area contributed by atoms with E-state index in [1.54, 1.807) is 23.1 Å². The molecule has 1 aliphatic heterocycles. The van der Waals surface area contributed by atoms with Gasteiger partial charge in [-0.25, -0.2) is 0 Å². The third kappa shape index (κ3) is 4.79. The number of carbonyl (C=O) groups excluding carboxylic acids is 1. The monoisotopic (exact) mass is 470 g/mol. The summed E-state index contributed by atoms with van der Waals surface area (Å²) in [5.74, 6) is -0.351. The van der Waals surface area contributed by atoms with E-state index in [-0.39, 0.29) is 16.8 Å². The van der Waals surface area contributed by atoms with Gasteiger partial charge in [-0.15, -0.1) is 21.5 Å². The van der Waals surface area contributed by atoms with E-state index >= 15 is 0 Å². The highest BCUT2D eigenvalue weighted by molar-refractivity contribution is 7.99. The van der Waals surface area contributed by atoms with Crippen LogP contribution in [0.5, 0.6) is 11.5 Å². The summed E-state index contributed by atoms with van der Waals surface area (Å²) in [7, 11) is 1.22. The fraction of sp³-hybridized carbons (Fsp3) is 0.316. The number of carbonyl (C=O) groups is 1. The van der Waals surface area contributed by atoms with E-state index in [2.05, 4.69) is 10.2 Å². The number of fused-ring (bicyclic) bond motifs is 1. The first kappa shape index (κ1) is 21.5. The Kier molecular flexibility index (Phi) is 6.10. The van der Waals surface area contributed by atoms with Gasteiger partial charge in [0.25, 0.3) is 0 Å². The minimum Gasteiger partial charge on any atom is -0.486 e. The fourth-order valence-electron chi connectivity index (χ4n) is 2.97. The van der Waals surface area contributed by atoms with Crippen LogP contribution in [0.2, 0.25) is 0 Å². The first-order valence-electron chi connectivity index (χ1n) is 9.14. The zero-order valence-corrected chi connectivity index (χ0v) is 17.9. The first-order valence-corrected chi connectivity index (χ1v) is 11.0. The minimum atomic E-state index is -4.61. The van der Waals surface area contributed by atoms with Crippen LogP contribution in [0.1, 0.15) is 10.7 Å². The van der Waals surface area contributed by atoms with Crippen LogP contribution in [0.4, 0.5) is 18.9 Å². The van der Waals surface area contributed by atoms with Gasteiger partial charge in [-0.05, 0) is 23.6 Å². The van der Waals surface area contributed by atoms with Crippen molar-refractivity contribution in [3.8, 4) is 11.5 Å². The van der Waals surface area contributed by atoms with Crippen molar-refractivity contribution < 1.29 is 27.4 Å². The lowest BCUT2D eigenvalue weighted by Crippen LogP contribution is -2.32. The molecule has 4 rings (SSSR count). The molecule has 3 aromatic rings. The second-order valence-corrected chi connectivity index (χ2v) is 8.51. The average molecular weight is 470 g/mol. The van der Waals surface area contributed by atoms with Crippen molar-refractivity contribution in [2.24, 2.45) is 7.05 Å². The molecule has 0 saturated carbocycles. The third-order valence-corrected chi connectivity index (χ3v) is 6.31. The first-order chi connectivity index (χ1) is 14.8. The molecule has 0 fully saturated rings. The van der Waals surface area contributed by atoms with Gasteiger partial charge in [-0.3, -0.25) is 4.79 Å². The number of ether oxygens (including phenoxy) is 2. The van der Waals surface area contributed by atoms with Gasteiger partial charge in [0.05, 0.1) is 12.3 Å². The van der Waals surface area contributed by atoms with Crippen LogP contribution in [0.25, 0.3) is 0 Å². The lowest BCUT2D eigenvalue weighted by Gasteiger charge is -2.25. The van der Waals surface area contributed by atoms with E-state index in [0.29, 0.717) is 36.9 Å². The van der Waals surface area contributed by atoms with Crippen LogP contribution in [0.3, 0.4) is 0 Å². The zero-order valence-electron chi connectivity index (χ0n) is 16.3. The zero-order chi connectivity index (χ0) is 22.0. The van der Waals surface area contributed by atoms with Crippen LogP contribution in [-0.2, 0) is 24.6 Å². The lowest BCUT2D eigenvalue weighted by molar-refractivity contribution is -0.147. The van der Waals surface area contributed by atoms with Gasteiger partial charge in [0.15, 0.2) is 16.7 Å². The topological polar surface area (TPSA) is 69.5 Å². The number of halogens is 3. The molecule has 0 aliphatic carbocycles. The Hall–Kier alpha value is -2.73. The normalized spacial score (nSPS) is 13.3. The van der Waals surface area contributed by atoms with Crippen molar-refractivity contribution in [3.05, 3.63) is 46.4 Å².